The zero-order valence-electron chi connectivity index (χ0n) is 11.0. The third-order valence-electron chi connectivity index (χ3n) is 2.83. The summed E-state index contributed by atoms with van der Waals surface area (Å²) >= 11 is 3.38. The summed E-state index contributed by atoms with van der Waals surface area (Å²) in [6, 6.07) is 7.68. The van der Waals surface area contributed by atoms with Crippen LogP contribution in [-0.4, -0.2) is 33.4 Å². The van der Waals surface area contributed by atoms with Crippen LogP contribution in [0, 0.1) is 5.92 Å². The molecule has 0 heterocycles. The van der Waals surface area contributed by atoms with Crippen LogP contribution in [0.25, 0.3) is 0 Å². The minimum absolute atomic E-state index is 0.0269. The lowest BCUT2D eigenvalue weighted by molar-refractivity contribution is -0.124. The van der Waals surface area contributed by atoms with E-state index in [0.717, 1.165) is 10.0 Å². The molecule has 0 saturated heterocycles. The summed E-state index contributed by atoms with van der Waals surface area (Å²) < 4.78 is 23.4. The fourth-order valence-electron chi connectivity index (χ4n) is 1.83. The van der Waals surface area contributed by atoms with E-state index in [4.69, 9.17) is 0 Å². The summed E-state index contributed by atoms with van der Waals surface area (Å²) in [6.45, 7) is 0. The number of nitrogens with one attached hydrogen (secondary N) is 1. The monoisotopic (exact) mass is 347 g/mol. The van der Waals surface area contributed by atoms with Crippen molar-refractivity contribution in [3.05, 3.63) is 34.3 Å². The molecule has 0 radical (unpaired) electrons. The normalized spacial score (nSPS) is 13.0. The van der Waals surface area contributed by atoms with Crippen LogP contribution in [0.3, 0.4) is 0 Å². The zero-order chi connectivity index (χ0) is 14.5. The Morgan fingerprint density at radius 2 is 2.11 bits per heavy atom. The molecule has 1 aromatic carbocycles. The number of carbonyl (C=O) groups is 1. The first kappa shape index (κ1) is 16.2. The number of rotatable bonds is 6. The fourth-order valence-corrected chi connectivity index (χ4v) is 2.99. The average molecular weight is 348 g/mol. The first-order valence-corrected chi connectivity index (χ1v) is 8.81. The van der Waals surface area contributed by atoms with Crippen LogP contribution in [0.4, 0.5) is 0 Å². The second-order valence-electron chi connectivity index (χ2n) is 4.56. The van der Waals surface area contributed by atoms with Gasteiger partial charge in [0.15, 0.2) is 0 Å². The van der Waals surface area contributed by atoms with Crippen LogP contribution >= 0.6 is 15.9 Å². The van der Waals surface area contributed by atoms with Gasteiger partial charge in [0.2, 0.25) is 5.91 Å². The predicted molar refractivity (Wildman–Crippen MR) is 79.7 cm³/mol. The van der Waals surface area contributed by atoms with Crippen molar-refractivity contribution in [3.63, 3.8) is 0 Å². The standard InChI is InChI=1S/C13H18BrNO3S/c1-15-13(16)11(6-7-19(2,17)18)8-10-4-3-5-12(14)9-10/h3-5,9,11H,6-8H2,1-2H3,(H,15,16)/t11-/m0/s1. The van der Waals surface area contributed by atoms with Gasteiger partial charge in [-0.25, -0.2) is 8.42 Å². The van der Waals surface area contributed by atoms with Gasteiger partial charge in [-0.3, -0.25) is 4.79 Å². The summed E-state index contributed by atoms with van der Waals surface area (Å²) in [5, 5.41) is 2.59. The van der Waals surface area contributed by atoms with Crippen molar-refractivity contribution in [1.29, 1.82) is 0 Å². The number of benzene rings is 1. The highest BCUT2D eigenvalue weighted by atomic mass is 79.9. The van der Waals surface area contributed by atoms with Gasteiger partial charge in [-0.05, 0) is 30.5 Å². The summed E-state index contributed by atoms with van der Waals surface area (Å²) in [4.78, 5) is 11.8. The molecule has 6 heteroatoms. The maximum Gasteiger partial charge on any atom is 0.223 e. The highest BCUT2D eigenvalue weighted by molar-refractivity contribution is 9.10. The Labute approximate surface area is 122 Å². The van der Waals surface area contributed by atoms with Crippen LogP contribution in [0.15, 0.2) is 28.7 Å². The van der Waals surface area contributed by atoms with Gasteiger partial charge in [0, 0.05) is 23.7 Å². The van der Waals surface area contributed by atoms with Crippen LogP contribution in [-0.2, 0) is 21.1 Å². The summed E-state index contributed by atoms with van der Waals surface area (Å²) in [7, 11) is -1.48. The summed E-state index contributed by atoms with van der Waals surface area (Å²) in [5.74, 6) is -0.420. The molecule has 106 valence electrons. The highest BCUT2D eigenvalue weighted by Crippen LogP contribution is 2.17. The Hall–Kier alpha value is -0.880. The largest absolute Gasteiger partial charge is 0.359 e. The van der Waals surface area contributed by atoms with E-state index in [9.17, 15) is 13.2 Å². The second kappa shape index (κ2) is 7.05. The minimum Gasteiger partial charge on any atom is -0.359 e. The topological polar surface area (TPSA) is 63.2 Å². The van der Waals surface area contributed by atoms with Crippen LogP contribution < -0.4 is 5.32 Å². The lowest BCUT2D eigenvalue weighted by Crippen LogP contribution is -2.30. The van der Waals surface area contributed by atoms with Gasteiger partial charge in [-0.15, -0.1) is 0 Å². The number of amides is 1. The third-order valence-corrected chi connectivity index (χ3v) is 4.30. The van der Waals surface area contributed by atoms with Crippen LogP contribution in [0.5, 0.6) is 0 Å². The van der Waals surface area contributed by atoms with Crippen molar-refractivity contribution in [2.45, 2.75) is 12.8 Å². The van der Waals surface area contributed by atoms with Gasteiger partial charge in [0.25, 0.3) is 0 Å². The van der Waals surface area contributed by atoms with Crippen molar-refractivity contribution in [2.24, 2.45) is 5.92 Å². The van der Waals surface area contributed by atoms with Crippen molar-refractivity contribution in [2.75, 3.05) is 19.1 Å². The molecular formula is C13H18BrNO3S. The molecule has 0 saturated carbocycles. The maximum atomic E-state index is 11.8. The molecule has 19 heavy (non-hydrogen) atoms. The number of hydrogen-bond acceptors (Lipinski definition) is 3. The van der Waals surface area contributed by atoms with E-state index in [1.807, 2.05) is 24.3 Å². The van der Waals surface area contributed by atoms with E-state index >= 15 is 0 Å². The molecule has 1 rings (SSSR count). The van der Waals surface area contributed by atoms with Gasteiger partial charge in [-0.1, -0.05) is 28.1 Å². The zero-order valence-corrected chi connectivity index (χ0v) is 13.4. The molecular weight excluding hydrogens is 330 g/mol. The van der Waals surface area contributed by atoms with E-state index in [1.165, 1.54) is 6.26 Å². The molecule has 0 aromatic heterocycles. The van der Waals surface area contributed by atoms with Gasteiger partial charge < -0.3 is 5.32 Å². The Kier molecular flexibility index (Phi) is 6.00. The van der Waals surface area contributed by atoms with Gasteiger partial charge in [0.1, 0.15) is 9.84 Å². The molecule has 0 unspecified atom stereocenters. The van der Waals surface area contributed by atoms with E-state index in [-0.39, 0.29) is 17.6 Å². The lowest BCUT2D eigenvalue weighted by atomic mass is 9.96. The maximum absolute atomic E-state index is 11.8. The molecule has 0 aliphatic heterocycles. The van der Waals surface area contributed by atoms with Crippen molar-refractivity contribution in [1.82, 2.24) is 5.32 Å². The number of sulfone groups is 1. The highest BCUT2D eigenvalue weighted by Gasteiger charge is 2.19. The second-order valence-corrected chi connectivity index (χ2v) is 7.74. The van der Waals surface area contributed by atoms with Gasteiger partial charge in [-0.2, -0.15) is 0 Å². The molecule has 1 N–H and O–H groups in total. The molecule has 4 nitrogen and oxygen atoms in total. The fraction of sp³-hybridized carbons (Fsp3) is 0.462. The summed E-state index contributed by atoms with van der Waals surface area (Å²) in [5.41, 5.74) is 1.01. The van der Waals surface area contributed by atoms with E-state index < -0.39 is 9.84 Å². The molecule has 0 bridgehead atoms. The van der Waals surface area contributed by atoms with Gasteiger partial charge >= 0.3 is 0 Å². The summed E-state index contributed by atoms with van der Waals surface area (Å²) in [6.07, 6.45) is 2.06. The molecule has 0 aliphatic carbocycles. The third kappa shape index (κ3) is 6.20. The molecule has 1 amide bonds. The van der Waals surface area contributed by atoms with E-state index in [1.54, 1.807) is 7.05 Å². The Morgan fingerprint density at radius 1 is 1.42 bits per heavy atom. The number of halogens is 1. The Bertz CT molecular complexity index is 543. The molecule has 0 aliphatic rings. The molecule has 1 aromatic rings. The average Bonchev–Trinajstić information content (AvgIpc) is 2.32. The smallest absolute Gasteiger partial charge is 0.223 e. The van der Waals surface area contributed by atoms with Crippen molar-refractivity contribution < 1.29 is 13.2 Å². The number of carbonyl (C=O) groups excluding carboxylic acids is 1. The Balaban J connectivity index is 2.77. The van der Waals surface area contributed by atoms with Crippen LogP contribution in [0.1, 0.15) is 12.0 Å². The first-order chi connectivity index (χ1) is 8.81. The molecule has 0 fully saturated rings. The number of hydrogen-bond donors (Lipinski definition) is 1. The van der Waals surface area contributed by atoms with Crippen molar-refractivity contribution >= 4 is 31.7 Å². The first-order valence-electron chi connectivity index (χ1n) is 5.95. The van der Waals surface area contributed by atoms with Crippen LogP contribution in [0.2, 0.25) is 0 Å². The molecule has 0 spiro atoms. The van der Waals surface area contributed by atoms with E-state index in [0.29, 0.717) is 12.8 Å². The lowest BCUT2D eigenvalue weighted by Gasteiger charge is -2.15. The SMILES string of the molecule is CNC(=O)[C@@H](CCS(C)(=O)=O)Cc1cccc(Br)c1. The van der Waals surface area contributed by atoms with Gasteiger partial charge in [0.05, 0.1) is 5.75 Å². The van der Waals surface area contributed by atoms with E-state index in [2.05, 4.69) is 21.2 Å². The van der Waals surface area contributed by atoms with Crippen molar-refractivity contribution in [3.8, 4) is 0 Å². The Morgan fingerprint density at radius 3 is 2.63 bits per heavy atom. The quantitative estimate of drug-likeness (QED) is 0.853. The minimum atomic E-state index is -3.05. The predicted octanol–water partition coefficient (Wildman–Crippen LogP) is 1.79. The molecule has 1 atom stereocenters.